The van der Waals surface area contributed by atoms with Gasteiger partial charge in [0.1, 0.15) is 6.54 Å². The molecule has 0 bridgehead atoms. The zero-order chi connectivity index (χ0) is 22.2. The third kappa shape index (κ3) is 6.49. The molecule has 31 heavy (non-hydrogen) atoms. The van der Waals surface area contributed by atoms with Crippen LogP contribution in [0.4, 0.5) is 4.79 Å². The van der Waals surface area contributed by atoms with Crippen LogP contribution in [0.15, 0.2) is 35.7 Å². The van der Waals surface area contributed by atoms with Crippen molar-refractivity contribution in [1.29, 1.82) is 0 Å². The van der Waals surface area contributed by atoms with Crippen LogP contribution in [-0.2, 0) is 28.9 Å². The molecule has 164 valence electrons. The summed E-state index contributed by atoms with van der Waals surface area (Å²) in [5, 5.41) is 17.1. The van der Waals surface area contributed by atoms with Gasteiger partial charge in [0.05, 0.1) is 12.6 Å². The number of hydrogen-bond donors (Lipinski definition) is 1. The first-order valence-corrected chi connectivity index (χ1v) is 11.3. The maximum atomic E-state index is 12.7. The van der Waals surface area contributed by atoms with Gasteiger partial charge in [0.15, 0.2) is 11.6 Å². The number of carbonyl (C=O) groups excluding carboxylic acids is 2. The van der Waals surface area contributed by atoms with E-state index in [9.17, 15) is 9.59 Å². The van der Waals surface area contributed by atoms with Crippen molar-refractivity contribution in [2.45, 2.75) is 38.8 Å². The molecular formula is C20H21Cl2N5O3S. The molecule has 1 unspecified atom stereocenters. The number of nitrogens with zero attached hydrogens (tertiary/aromatic N) is 4. The third-order valence-corrected chi connectivity index (χ3v) is 6.20. The molecule has 0 fully saturated rings. The fraction of sp³-hybridized carbons (Fsp3) is 0.350. The molecule has 3 rings (SSSR count). The van der Waals surface area contributed by atoms with E-state index in [1.807, 2.05) is 17.5 Å². The van der Waals surface area contributed by atoms with Crippen LogP contribution in [0.3, 0.4) is 0 Å². The van der Waals surface area contributed by atoms with Gasteiger partial charge in [0.25, 0.3) is 0 Å². The highest BCUT2D eigenvalue weighted by atomic mass is 35.5. The third-order valence-electron chi connectivity index (χ3n) is 4.56. The summed E-state index contributed by atoms with van der Waals surface area (Å²) in [4.78, 5) is 25.9. The molecule has 2 aromatic heterocycles. The number of amides is 1. The maximum Gasteiger partial charge on any atom is 0.407 e. The van der Waals surface area contributed by atoms with Crippen molar-refractivity contribution >= 4 is 46.4 Å². The molecule has 1 aromatic carbocycles. The summed E-state index contributed by atoms with van der Waals surface area (Å²) in [6.45, 7) is 1.95. The van der Waals surface area contributed by atoms with E-state index in [1.165, 1.54) is 4.68 Å². The number of carbonyl (C=O) groups is 2. The Bertz CT molecular complexity index is 1010. The highest BCUT2D eigenvalue weighted by molar-refractivity contribution is 7.09. The first-order chi connectivity index (χ1) is 15.0. The molecule has 2 heterocycles. The quantitative estimate of drug-likeness (QED) is 0.470. The van der Waals surface area contributed by atoms with Gasteiger partial charge in [0, 0.05) is 27.8 Å². The molecule has 0 aliphatic carbocycles. The van der Waals surface area contributed by atoms with Crippen molar-refractivity contribution in [3.05, 3.63) is 62.0 Å². The fourth-order valence-electron chi connectivity index (χ4n) is 2.88. The van der Waals surface area contributed by atoms with Crippen molar-refractivity contribution < 1.29 is 14.3 Å². The second kappa shape index (κ2) is 11.2. The van der Waals surface area contributed by atoms with Gasteiger partial charge in [-0.2, -0.15) is 0 Å². The Morgan fingerprint density at radius 3 is 2.68 bits per heavy atom. The number of hydrogen-bond acceptors (Lipinski definition) is 7. The molecule has 1 N–H and O–H groups in total. The van der Waals surface area contributed by atoms with Crippen molar-refractivity contribution in [1.82, 2.24) is 25.5 Å². The molecule has 1 atom stereocenters. The zero-order valence-corrected chi connectivity index (χ0v) is 19.1. The van der Waals surface area contributed by atoms with Gasteiger partial charge in [-0.15, -0.1) is 16.4 Å². The molecular weight excluding hydrogens is 461 g/mol. The first kappa shape index (κ1) is 23.2. The molecule has 0 aliphatic rings. The Balaban J connectivity index is 1.56. The van der Waals surface area contributed by atoms with E-state index in [1.54, 1.807) is 36.5 Å². The summed E-state index contributed by atoms with van der Waals surface area (Å²) in [5.74, 6) is 0.202. The van der Waals surface area contributed by atoms with Crippen molar-refractivity contribution in [2.75, 3.05) is 6.61 Å². The number of Topliss-reactive ketones (excluding diaryl/α,β-unsaturated/α-hetero) is 1. The average molecular weight is 482 g/mol. The average Bonchev–Trinajstić information content (AvgIpc) is 3.41. The van der Waals surface area contributed by atoms with E-state index >= 15 is 0 Å². The van der Waals surface area contributed by atoms with Crippen LogP contribution < -0.4 is 5.32 Å². The van der Waals surface area contributed by atoms with E-state index in [4.69, 9.17) is 27.9 Å². The molecule has 8 nitrogen and oxygen atoms in total. The number of alkyl carbamates (subject to hydrolysis) is 1. The van der Waals surface area contributed by atoms with E-state index < -0.39 is 12.1 Å². The molecule has 0 spiro atoms. The number of nitrogens with one attached hydrogen (secondary N) is 1. The zero-order valence-electron chi connectivity index (χ0n) is 16.8. The summed E-state index contributed by atoms with van der Waals surface area (Å²) in [6, 6.07) is 8.40. The van der Waals surface area contributed by atoms with Crippen LogP contribution >= 0.6 is 34.5 Å². The Morgan fingerprint density at radius 1 is 1.23 bits per heavy atom. The van der Waals surface area contributed by atoms with Gasteiger partial charge in [-0.1, -0.05) is 42.3 Å². The number of aromatic nitrogens is 4. The molecule has 3 aromatic rings. The minimum absolute atomic E-state index is 0.0988. The maximum absolute atomic E-state index is 12.7. The van der Waals surface area contributed by atoms with Crippen molar-refractivity contribution in [3.8, 4) is 0 Å². The predicted molar refractivity (Wildman–Crippen MR) is 119 cm³/mol. The SMILES string of the molecule is CCC(NC(=O)OCCc1cccs1)C(=O)Cn1nnnc1Cc1c(Cl)cccc1Cl. The Kier molecular flexibility index (Phi) is 8.39. The lowest BCUT2D eigenvalue weighted by Crippen LogP contribution is -2.42. The van der Waals surface area contributed by atoms with Gasteiger partial charge < -0.3 is 10.1 Å². The van der Waals surface area contributed by atoms with E-state index in [2.05, 4.69) is 20.8 Å². The number of ketones is 1. The topological polar surface area (TPSA) is 99.0 Å². The lowest BCUT2D eigenvalue weighted by molar-refractivity contribution is -0.121. The minimum Gasteiger partial charge on any atom is -0.449 e. The predicted octanol–water partition coefficient (Wildman–Crippen LogP) is 3.95. The van der Waals surface area contributed by atoms with Crippen LogP contribution in [-0.4, -0.2) is 44.7 Å². The summed E-state index contributed by atoms with van der Waals surface area (Å²) in [7, 11) is 0. The summed E-state index contributed by atoms with van der Waals surface area (Å²) < 4.78 is 6.57. The number of thiophene rings is 1. The Hall–Kier alpha value is -2.49. The largest absolute Gasteiger partial charge is 0.449 e. The minimum atomic E-state index is -0.713. The van der Waals surface area contributed by atoms with Gasteiger partial charge >= 0.3 is 6.09 Å². The molecule has 1 amide bonds. The molecule has 0 saturated carbocycles. The van der Waals surface area contributed by atoms with Crippen LogP contribution in [0.2, 0.25) is 10.0 Å². The van der Waals surface area contributed by atoms with Crippen molar-refractivity contribution in [3.63, 3.8) is 0 Å². The number of tetrazole rings is 1. The number of rotatable bonds is 10. The normalized spacial score (nSPS) is 11.8. The van der Waals surface area contributed by atoms with Crippen LogP contribution in [0.25, 0.3) is 0 Å². The van der Waals surface area contributed by atoms with Gasteiger partial charge in [-0.25, -0.2) is 9.48 Å². The van der Waals surface area contributed by atoms with Gasteiger partial charge in [0.2, 0.25) is 0 Å². The fourth-order valence-corrected chi connectivity index (χ4v) is 4.10. The monoisotopic (exact) mass is 481 g/mol. The highest BCUT2D eigenvalue weighted by Gasteiger charge is 2.22. The number of halogens is 2. The van der Waals surface area contributed by atoms with E-state index in [0.29, 0.717) is 34.3 Å². The van der Waals surface area contributed by atoms with E-state index in [-0.39, 0.29) is 25.4 Å². The second-order valence-electron chi connectivity index (χ2n) is 6.67. The molecule has 11 heteroatoms. The van der Waals surface area contributed by atoms with Crippen LogP contribution in [0.1, 0.15) is 29.6 Å². The first-order valence-electron chi connectivity index (χ1n) is 9.64. The standard InChI is InChI=1S/C20H21Cl2N5O3S/c1-2-17(23-20(29)30-9-8-13-5-4-10-31-13)18(28)12-27-19(24-25-26-27)11-14-15(21)6-3-7-16(14)22/h3-7,10,17H,2,8-9,11-12H2,1H3,(H,23,29). The summed E-state index contributed by atoms with van der Waals surface area (Å²) in [6.07, 6.45) is 0.686. The molecule has 0 aliphatic heterocycles. The highest BCUT2D eigenvalue weighted by Crippen LogP contribution is 2.26. The van der Waals surface area contributed by atoms with Gasteiger partial charge in [-0.05, 0) is 46.0 Å². The summed E-state index contributed by atoms with van der Waals surface area (Å²) >= 11 is 14.0. The van der Waals surface area contributed by atoms with Gasteiger partial charge in [-0.3, -0.25) is 4.79 Å². The lowest BCUT2D eigenvalue weighted by atomic mass is 10.1. The summed E-state index contributed by atoms with van der Waals surface area (Å²) in [5.41, 5.74) is 0.675. The van der Waals surface area contributed by atoms with E-state index in [0.717, 1.165) is 4.88 Å². The van der Waals surface area contributed by atoms with Crippen molar-refractivity contribution in [2.24, 2.45) is 0 Å². The Labute approximate surface area is 193 Å². The lowest BCUT2D eigenvalue weighted by Gasteiger charge is -2.16. The van der Waals surface area contributed by atoms with Crippen LogP contribution in [0.5, 0.6) is 0 Å². The molecule has 0 radical (unpaired) electrons. The number of ether oxygens (including phenoxy) is 1. The van der Waals surface area contributed by atoms with Crippen LogP contribution in [0, 0.1) is 0 Å². The number of benzene rings is 1. The Morgan fingerprint density at radius 2 is 2.00 bits per heavy atom. The smallest absolute Gasteiger partial charge is 0.407 e. The molecule has 0 saturated heterocycles. The second-order valence-corrected chi connectivity index (χ2v) is 8.51.